The Labute approximate surface area is 184 Å². The summed E-state index contributed by atoms with van der Waals surface area (Å²) in [6.45, 7) is 5.34. The van der Waals surface area contributed by atoms with E-state index < -0.39 is 24.0 Å². The van der Waals surface area contributed by atoms with E-state index in [-0.39, 0.29) is 22.4 Å². The van der Waals surface area contributed by atoms with Crippen LogP contribution >= 0.6 is 0 Å². The lowest BCUT2D eigenvalue weighted by atomic mass is 9.87. The van der Waals surface area contributed by atoms with Crippen molar-refractivity contribution in [2.24, 2.45) is 0 Å². The second-order valence-electron chi connectivity index (χ2n) is 8.54. The molecule has 1 N–H and O–H groups in total. The van der Waals surface area contributed by atoms with Crippen molar-refractivity contribution < 1.29 is 32.3 Å². The van der Waals surface area contributed by atoms with Crippen molar-refractivity contribution in [3.63, 3.8) is 0 Å². The molecule has 3 rings (SSSR count). The lowest BCUT2D eigenvalue weighted by Gasteiger charge is -2.28. The number of halogens is 3. The first-order chi connectivity index (χ1) is 14.9. The van der Waals surface area contributed by atoms with E-state index in [1.165, 1.54) is 30.3 Å². The third-order valence-corrected chi connectivity index (χ3v) is 4.77. The highest BCUT2D eigenvalue weighted by molar-refractivity contribution is 6.04. The number of hydrogen-bond acceptors (Lipinski definition) is 4. The minimum atomic E-state index is -5.03. The van der Waals surface area contributed by atoms with Gasteiger partial charge in [-0.1, -0.05) is 24.3 Å². The van der Waals surface area contributed by atoms with Crippen molar-refractivity contribution in [3.8, 4) is 0 Å². The first-order valence-corrected chi connectivity index (χ1v) is 10.2. The Morgan fingerprint density at radius 2 is 1.72 bits per heavy atom. The lowest BCUT2D eigenvalue weighted by Crippen LogP contribution is -2.42. The first kappa shape index (κ1) is 23.6. The average Bonchev–Trinajstić information content (AvgIpc) is 2.69. The van der Waals surface area contributed by atoms with E-state index in [0.29, 0.717) is 19.3 Å². The molecule has 1 atom stereocenters. The number of carbonyl (C=O) groups is 2. The van der Waals surface area contributed by atoms with E-state index in [4.69, 9.17) is 4.74 Å². The van der Waals surface area contributed by atoms with Crippen LogP contribution in [0.1, 0.15) is 48.7 Å². The Kier molecular flexibility index (Phi) is 6.78. The zero-order chi connectivity index (χ0) is 23.5. The third kappa shape index (κ3) is 6.46. The number of para-hydroxylation sites is 1. The number of benzene rings is 2. The fraction of sp³-hybridized carbons (Fsp3) is 0.391. The van der Waals surface area contributed by atoms with Gasteiger partial charge in [0, 0.05) is 11.6 Å². The Bertz CT molecular complexity index is 971. The maximum atomic E-state index is 12.9. The standard InChI is InChI=1S/C23H25F3N2O4/c1-22(2,3)31-21(30)27-18-12-11-15-13-17(10-9-16(15)14-18)20(29)28(32-23(24,25)26)19-7-5-4-6-8-19/h4-10,13,18H,11-12,14H2,1-3H3,(H,27,30). The van der Waals surface area contributed by atoms with Crippen LogP contribution in [0.2, 0.25) is 0 Å². The van der Waals surface area contributed by atoms with Crippen molar-refractivity contribution in [1.29, 1.82) is 0 Å². The third-order valence-electron chi connectivity index (χ3n) is 4.77. The number of fused-ring (bicyclic) bond motifs is 1. The summed E-state index contributed by atoms with van der Waals surface area (Å²) in [4.78, 5) is 28.9. The second kappa shape index (κ2) is 9.20. The summed E-state index contributed by atoms with van der Waals surface area (Å²) >= 11 is 0. The van der Waals surface area contributed by atoms with Crippen LogP contribution in [0.4, 0.5) is 23.7 Å². The number of nitrogens with zero attached hydrogens (tertiary/aromatic N) is 1. The number of amides is 2. The van der Waals surface area contributed by atoms with Gasteiger partial charge in [0.25, 0.3) is 5.91 Å². The van der Waals surface area contributed by atoms with Crippen LogP contribution in [0, 0.1) is 0 Å². The average molecular weight is 450 g/mol. The number of ether oxygens (including phenoxy) is 1. The van der Waals surface area contributed by atoms with E-state index in [9.17, 15) is 22.8 Å². The predicted molar refractivity (Wildman–Crippen MR) is 112 cm³/mol. The maximum Gasteiger partial charge on any atom is 0.544 e. The van der Waals surface area contributed by atoms with Crippen LogP contribution < -0.4 is 10.4 Å². The molecule has 0 bridgehead atoms. The summed E-state index contributed by atoms with van der Waals surface area (Å²) in [7, 11) is 0. The van der Waals surface area contributed by atoms with Gasteiger partial charge in [0.15, 0.2) is 0 Å². The van der Waals surface area contributed by atoms with E-state index in [1.54, 1.807) is 39.0 Å². The molecule has 0 saturated carbocycles. The molecule has 0 aliphatic heterocycles. The molecule has 2 amide bonds. The zero-order valence-electron chi connectivity index (χ0n) is 18.0. The number of alkyl carbamates (subject to hydrolysis) is 1. The molecule has 0 saturated heterocycles. The highest BCUT2D eigenvalue weighted by Crippen LogP contribution is 2.28. The van der Waals surface area contributed by atoms with Gasteiger partial charge in [-0.3, -0.25) is 4.79 Å². The highest BCUT2D eigenvalue weighted by atomic mass is 19.4. The van der Waals surface area contributed by atoms with Crippen molar-refractivity contribution in [2.75, 3.05) is 5.06 Å². The molecule has 1 aliphatic rings. The van der Waals surface area contributed by atoms with Crippen LogP contribution in [0.25, 0.3) is 0 Å². The smallest absolute Gasteiger partial charge is 0.444 e. The number of anilines is 1. The van der Waals surface area contributed by atoms with Crippen LogP contribution in [0.5, 0.6) is 0 Å². The second-order valence-corrected chi connectivity index (χ2v) is 8.54. The molecule has 0 aromatic heterocycles. The molecule has 0 fully saturated rings. The molecular weight excluding hydrogens is 425 g/mol. The summed E-state index contributed by atoms with van der Waals surface area (Å²) in [6.07, 6.45) is -3.82. The maximum absolute atomic E-state index is 12.9. The van der Waals surface area contributed by atoms with Crippen molar-refractivity contribution >= 4 is 17.7 Å². The van der Waals surface area contributed by atoms with Crippen LogP contribution in [0.3, 0.4) is 0 Å². The number of carbonyl (C=O) groups excluding carboxylic acids is 2. The predicted octanol–water partition coefficient (Wildman–Crippen LogP) is 5.17. The molecule has 172 valence electrons. The van der Waals surface area contributed by atoms with Crippen LogP contribution in [-0.4, -0.2) is 30.0 Å². The number of hydroxylamine groups is 1. The van der Waals surface area contributed by atoms with E-state index in [0.717, 1.165) is 11.1 Å². The van der Waals surface area contributed by atoms with Gasteiger partial charge in [0.2, 0.25) is 0 Å². The fourth-order valence-electron chi connectivity index (χ4n) is 3.48. The van der Waals surface area contributed by atoms with E-state index in [2.05, 4.69) is 10.2 Å². The van der Waals surface area contributed by atoms with Crippen LogP contribution in [0.15, 0.2) is 48.5 Å². The van der Waals surface area contributed by atoms with E-state index in [1.807, 2.05) is 0 Å². The van der Waals surface area contributed by atoms with Gasteiger partial charge < -0.3 is 10.1 Å². The number of nitrogens with one attached hydrogen (secondary N) is 1. The fourth-order valence-corrected chi connectivity index (χ4v) is 3.48. The summed E-state index contributed by atoms with van der Waals surface area (Å²) in [5.74, 6) is -0.926. The van der Waals surface area contributed by atoms with Gasteiger partial charge >= 0.3 is 12.5 Å². The van der Waals surface area contributed by atoms with Crippen molar-refractivity contribution in [1.82, 2.24) is 5.32 Å². The summed E-state index contributed by atoms with van der Waals surface area (Å²) in [5.41, 5.74) is 1.20. The SMILES string of the molecule is CC(C)(C)OC(=O)NC1CCc2cc(C(=O)N(OC(F)(F)F)c3ccccc3)ccc2C1. The van der Waals surface area contributed by atoms with Gasteiger partial charge in [-0.2, -0.15) is 9.90 Å². The summed E-state index contributed by atoms with van der Waals surface area (Å²) in [5, 5.41) is 3.09. The molecular formula is C23H25F3N2O4. The Hall–Kier alpha value is -3.07. The number of aryl methyl sites for hydroxylation is 1. The Morgan fingerprint density at radius 1 is 1.03 bits per heavy atom. The molecule has 0 spiro atoms. The number of hydrogen-bond donors (Lipinski definition) is 1. The van der Waals surface area contributed by atoms with Gasteiger partial charge in [0.05, 0.1) is 5.69 Å². The van der Waals surface area contributed by atoms with E-state index >= 15 is 0 Å². The molecule has 2 aromatic carbocycles. The molecule has 1 unspecified atom stereocenters. The lowest BCUT2D eigenvalue weighted by molar-refractivity contribution is -0.325. The molecule has 0 radical (unpaired) electrons. The quantitative estimate of drug-likeness (QED) is 0.653. The van der Waals surface area contributed by atoms with Crippen molar-refractivity contribution in [3.05, 3.63) is 65.2 Å². The molecule has 0 heterocycles. The van der Waals surface area contributed by atoms with Gasteiger partial charge in [-0.05, 0) is 75.4 Å². The Morgan fingerprint density at radius 3 is 2.34 bits per heavy atom. The normalized spacial score (nSPS) is 16.1. The zero-order valence-corrected chi connectivity index (χ0v) is 18.0. The van der Waals surface area contributed by atoms with Crippen molar-refractivity contribution in [2.45, 2.75) is 58.0 Å². The Balaban J connectivity index is 1.75. The molecule has 2 aromatic rings. The minimum absolute atomic E-state index is 0.0332. The van der Waals surface area contributed by atoms with Gasteiger partial charge in [0.1, 0.15) is 5.60 Å². The van der Waals surface area contributed by atoms with Gasteiger partial charge in [-0.25, -0.2) is 4.79 Å². The monoisotopic (exact) mass is 450 g/mol. The molecule has 9 heteroatoms. The molecule has 1 aliphatic carbocycles. The number of alkyl halides is 3. The van der Waals surface area contributed by atoms with Crippen LogP contribution in [-0.2, 0) is 22.4 Å². The topological polar surface area (TPSA) is 67.9 Å². The first-order valence-electron chi connectivity index (χ1n) is 10.2. The summed E-state index contributed by atoms with van der Waals surface area (Å²) < 4.78 is 44.1. The summed E-state index contributed by atoms with van der Waals surface area (Å²) in [6, 6.07) is 12.0. The largest absolute Gasteiger partial charge is 0.544 e. The molecule has 32 heavy (non-hydrogen) atoms. The molecule has 6 nitrogen and oxygen atoms in total. The van der Waals surface area contributed by atoms with Gasteiger partial charge in [-0.15, -0.1) is 13.2 Å². The number of rotatable bonds is 4. The highest BCUT2D eigenvalue weighted by Gasteiger charge is 2.37. The minimum Gasteiger partial charge on any atom is -0.444 e.